The van der Waals surface area contributed by atoms with Crippen molar-refractivity contribution >= 4 is 16.0 Å². The van der Waals surface area contributed by atoms with Crippen LogP contribution in [0, 0.1) is 0 Å². The van der Waals surface area contributed by atoms with Gasteiger partial charge in [-0.05, 0) is 6.92 Å². The lowest BCUT2D eigenvalue weighted by Gasteiger charge is -2.09. The van der Waals surface area contributed by atoms with Crippen molar-refractivity contribution in [1.29, 1.82) is 0 Å². The molecule has 3 N–H and O–H groups in total. The molecule has 0 saturated carbocycles. The van der Waals surface area contributed by atoms with E-state index in [9.17, 15) is 13.2 Å². The van der Waals surface area contributed by atoms with Gasteiger partial charge in [-0.15, -0.1) is 0 Å². The summed E-state index contributed by atoms with van der Waals surface area (Å²) in [5.41, 5.74) is 0. The summed E-state index contributed by atoms with van der Waals surface area (Å²) in [5, 5.41) is 14.4. The number of aliphatic carboxylic acids is 1. The van der Waals surface area contributed by atoms with Crippen molar-refractivity contribution < 1.29 is 18.3 Å². The van der Waals surface area contributed by atoms with E-state index in [1.165, 1.54) is 13.3 Å². The van der Waals surface area contributed by atoms with Crippen LogP contribution in [-0.4, -0.2) is 40.4 Å². The van der Waals surface area contributed by atoms with Gasteiger partial charge in [0.25, 0.3) is 0 Å². The minimum Gasteiger partial charge on any atom is -0.480 e. The topological polar surface area (TPSA) is 125 Å². The Bertz CT molecular complexity index is 426. The molecule has 0 radical (unpaired) electrons. The highest BCUT2D eigenvalue weighted by Gasteiger charge is 2.20. The highest BCUT2D eigenvalue weighted by atomic mass is 32.2. The highest BCUT2D eigenvalue weighted by Crippen LogP contribution is 2.05. The van der Waals surface area contributed by atoms with Crippen molar-refractivity contribution in [2.24, 2.45) is 0 Å². The third-order valence-corrected chi connectivity index (χ3v) is 2.85. The quantitative estimate of drug-likeness (QED) is 0.592. The molecule has 1 heterocycles. The fourth-order valence-electron chi connectivity index (χ4n) is 0.953. The third kappa shape index (κ3) is 3.64. The van der Waals surface area contributed by atoms with Crippen LogP contribution in [0.4, 0.5) is 0 Å². The average molecular weight is 234 g/mol. The molecule has 1 unspecified atom stereocenters. The smallest absolute Gasteiger partial charge is 0.320 e. The Kier molecular flexibility index (Phi) is 3.37. The van der Waals surface area contributed by atoms with Crippen LogP contribution in [0.25, 0.3) is 0 Å². The number of sulfonamides is 1. The summed E-state index contributed by atoms with van der Waals surface area (Å²) >= 11 is 0. The molecule has 0 fully saturated rings. The number of nitrogens with one attached hydrogen (secondary N) is 2. The van der Waals surface area contributed by atoms with Crippen LogP contribution in [0.1, 0.15) is 18.8 Å². The standard InChI is InChI=1S/C6H10N4O4S/c1-4(6-7-3-8-9-6)10-15(13,14)2-5(11)12/h3-4,10H,2H2,1H3,(H,11,12)(H,7,8,9). The van der Waals surface area contributed by atoms with Crippen molar-refractivity contribution in [2.45, 2.75) is 13.0 Å². The highest BCUT2D eigenvalue weighted by molar-refractivity contribution is 7.90. The Morgan fingerprint density at radius 1 is 1.73 bits per heavy atom. The van der Waals surface area contributed by atoms with E-state index in [0.29, 0.717) is 5.82 Å². The number of nitrogens with zero attached hydrogens (tertiary/aromatic N) is 2. The minimum atomic E-state index is -3.84. The molecule has 1 aromatic heterocycles. The Labute approximate surface area is 85.8 Å². The van der Waals surface area contributed by atoms with Crippen LogP contribution in [-0.2, 0) is 14.8 Å². The molecule has 9 heteroatoms. The molecule has 1 rings (SSSR count). The predicted molar refractivity (Wildman–Crippen MR) is 49.4 cm³/mol. The molecular formula is C6H10N4O4S. The van der Waals surface area contributed by atoms with Gasteiger partial charge < -0.3 is 5.11 Å². The SMILES string of the molecule is CC(NS(=O)(=O)CC(=O)O)c1ncn[nH]1. The molecule has 0 saturated heterocycles. The summed E-state index contributed by atoms with van der Waals surface area (Å²) in [7, 11) is -3.84. The molecule has 15 heavy (non-hydrogen) atoms. The van der Waals surface area contributed by atoms with Crippen LogP contribution >= 0.6 is 0 Å². The van der Waals surface area contributed by atoms with Gasteiger partial charge in [0.1, 0.15) is 12.2 Å². The lowest BCUT2D eigenvalue weighted by molar-refractivity contribution is -0.134. The first-order valence-corrected chi connectivity index (χ1v) is 5.63. The normalized spacial score (nSPS) is 13.7. The third-order valence-electron chi connectivity index (χ3n) is 1.51. The summed E-state index contributed by atoms with van der Waals surface area (Å²) in [5.74, 6) is -2.05. The molecule has 0 bridgehead atoms. The first-order chi connectivity index (χ1) is 6.91. The lowest BCUT2D eigenvalue weighted by Crippen LogP contribution is -2.32. The van der Waals surface area contributed by atoms with Gasteiger partial charge >= 0.3 is 5.97 Å². The molecule has 84 valence electrons. The van der Waals surface area contributed by atoms with Crippen molar-refractivity contribution in [2.75, 3.05) is 5.75 Å². The monoisotopic (exact) mass is 234 g/mol. The maximum Gasteiger partial charge on any atom is 0.320 e. The molecule has 1 aromatic rings. The summed E-state index contributed by atoms with van der Waals surface area (Å²) in [6.07, 6.45) is 1.23. The van der Waals surface area contributed by atoms with Crippen molar-refractivity contribution in [3.05, 3.63) is 12.2 Å². The first-order valence-electron chi connectivity index (χ1n) is 3.98. The molecule has 0 aliphatic rings. The van der Waals surface area contributed by atoms with Gasteiger partial charge in [0.15, 0.2) is 5.75 Å². The molecule has 0 aliphatic heterocycles. The molecule has 0 spiro atoms. The zero-order valence-electron chi connectivity index (χ0n) is 7.84. The van der Waals surface area contributed by atoms with Crippen LogP contribution in [0.15, 0.2) is 6.33 Å². The number of carboxylic acids is 1. The Balaban J connectivity index is 2.66. The second-order valence-corrected chi connectivity index (χ2v) is 4.62. The Morgan fingerprint density at radius 2 is 2.40 bits per heavy atom. The Morgan fingerprint density at radius 3 is 2.87 bits per heavy atom. The van der Waals surface area contributed by atoms with Gasteiger partial charge in [-0.25, -0.2) is 18.1 Å². The lowest BCUT2D eigenvalue weighted by atomic mass is 10.3. The first kappa shape index (κ1) is 11.6. The van der Waals surface area contributed by atoms with Gasteiger partial charge in [-0.1, -0.05) is 0 Å². The average Bonchev–Trinajstić information content (AvgIpc) is 2.50. The zero-order valence-corrected chi connectivity index (χ0v) is 8.65. The summed E-state index contributed by atoms with van der Waals surface area (Å²) in [6.45, 7) is 1.53. The summed E-state index contributed by atoms with van der Waals surface area (Å²) in [4.78, 5) is 14.0. The fraction of sp³-hybridized carbons (Fsp3) is 0.500. The molecule has 0 aromatic carbocycles. The van der Waals surface area contributed by atoms with E-state index in [1.807, 2.05) is 0 Å². The van der Waals surface area contributed by atoms with E-state index < -0.39 is 27.8 Å². The number of hydrogen-bond acceptors (Lipinski definition) is 5. The van der Waals surface area contributed by atoms with Gasteiger partial charge in [-0.3, -0.25) is 9.89 Å². The van der Waals surface area contributed by atoms with Crippen LogP contribution in [0.2, 0.25) is 0 Å². The zero-order chi connectivity index (χ0) is 11.5. The van der Waals surface area contributed by atoms with Crippen LogP contribution in [0.3, 0.4) is 0 Å². The van der Waals surface area contributed by atoms with Gasteiger partial charge in [-0.2, -0.15) is 5.10 Å². The largest absolute Gasteiger partial charge is 0.480 e. The fourth-order valence-corrected chi connectivity index (χ4v) is 2.01. The minimum absolute atomic E-state index is 0.323. The number of carboxylic acid groups (broad SMARTS) is 1. The van der Waals surface area contributed by atoms with E-state index in [4.69, 9.17) is 5.11 Å². The number of rotatable bonds is 5. The maximum absolute atomic E-state index is 11.2. The van der Waals surface area contributed by atoms with Crippen molar-refractivity contribution in [3.8, 4) is 0 Å². The second-order valence-electron chi connectivity index (χ2n) is 2.86. The van der Waals surface area contributed by atoms with Crippen molar-refractivity contribution in [1.82, 2.24) is 19.9 Å². The maximum atomic E-state index is 11.2. The molecule has 8 nitrogen and oxygen atoms in total. The molecule has 0 amide bonds. The summed E-state index contributed by atoms with van der Waals surface area (Å²) < 4.78 is 24.5. The van der Waals surface area contributed by atoms with E-state index in [2.05, 4.69) is 19.9 Å². The predicted octanol–water partition coefficient (Wildman–Crippen LogP) is -1.13. The molecular weight excluding hydrogens is 224 g/mol. The molecule has 0 aliphatic carbocycles. The van der Waals surface area contributed by atoms with Gasteiger partial charge in [0, 0.05) is 0 Å². The van der Waals surface area contributed by atoms with Gasteiger partial charge in [0.2, 0.25) is 10.0 Å². The van der Waals surface area contributed by atoms with E-state index >= 15 is 0 Å². The molecule has 1 atom stereocenters. The summed E-state index contributed by atoms with van der Waals surface area (Å²) in [6, 6.07) is -0.642. The van der Waals surface area contributed by atoms with Gasteiger partial charge in [0.05, 0.1) is 6.04 Å². The van der Waals surface area contributed by atoms with E-state index in [0.717, 1.165) is 0 Å². The second kappa shape index (κ2) is 4.36. The number of carbonyl (C=O) groups is 1. The Hall–Kier alpha value is -1.48. The number of hydrogen-bond donors (Lipinski definition) is 3. The van der Waals surface area contributed by atoms with Crippen molar-refractivity contribution in [3.63, 3.8) is 0 Å². The number of aromatic amines is 1. The van der Waals surface area contributed by atoms with Crippen LogP contribution in [0.5, 0.6) is 0 Å². The number of H-pyrrole nitrogens is 1. The van der Waals surface area contributed by atoms with E-state index in [-0.39, 0.29) is 0 Å². The van der Waals surface area contributed by atoms with E-state index in [1.54, 1.807) is 0 Å². The number of aromatic nitrogens is 3. The van der Waals surface area contributed by atoms with Crippen LogP contribution < -0.4 is 4.72 Å².